The van der Waals surface area contributed by atoms with Gasteiger partial charge in [0.25, 0.3) is 5.91 Å². The molecule has 0 aliphatic carbocycles. The molecule has 0 aromatic carbocycles. The number of hydrogen-bond donors (Lipinski definition) is 2. The van der Waals surface area contributed by atoms with Crippen molar-refractivity contribution in [1.82, 2.24) is 35.2 Å². The van der Waals surface area contributed by atoms with E-state index >= 15 is 0 Å². The first-order valence-corrected chi connectivity index (χ1v) is 8.51. The predicted molar refractivity (Wildman–Crippen MR) is 93.3 cm³/mol. The first-order valence-electron chi connectivity index (χ1n) is 8.51. The molecular formula is C17H16F3N7O2. The van der Waals surface area contributed by atoms with Crippen LogP contribution < -0.4 is 10.6 Å². The Hall–Kier alpha value is -3.57. The second kappa shape index (κ2) is 8.63. The summed E-state index contributed by atoms with van der Waals surface area (Å²) < 4.78 is 37.9. The quantitative estimate of drug-likeness (QED) is 0.612. The van der Waals surface area contributed by atoms with Crippen LogP contribution in [0.4, 0.5) is 13.2 Å². The van der Waals surface area contributed by atoms with E-state index in [0.717, 1.165) is 0 Å². The van der Waals surface area contributed by atoms with Crippen LogP contribution in [0.3, 0.4) is 0 Å². The number of carbonyl (C=O) groups excluding carboxylic acids is 2. The van der Waals surface area contributed by atoms with E-state index < -0.39 is 24.9 Å². The van der Waals surface area contributed by atoms with Crippen LogP contribution in [-0.2, 0) is 17.9 Å². The summed E-state index contributed by atoms with van der Waals surface area (Å²) >= 11 is 0. The van der Waals surface area contributed by atoms with Gasteiger partial charge >= 0.3 is 6.18 Å². The lowest BCUT2D eigenvalue weighted by Crippen LogP contribution is -2.24. The normalized spacial score (nSPS) is 11.4. The Balaban J connectivity index is 1.55. The van der Waals surface area contributed by atoms with Crippen molar-refractivity contribution >= 4 is 17.5 Å². The third-order valence-electron chi connectivity index (χ3n) is 3.80. The fourth-order valence-electron chi connectivity index (χ4n) is 2.38. The summed E-state index contributed by atoms with van der Waals surface area (Å²) in [7, 11) is 0. The second-order valence-electron chi connectivity index (χ2n) is 6.07. The summed E-state index contributed by atoms with van der Waals surface area (Å²) in [6.45, 7) is 0.183. The third-order valence-corrected chi connectivity index (χ3v) is 3.80. The molecule has 0 spiro atoms. The molecule has 12 heteroatoms. The lowest BCUT2D eigenvalue weighted by atomic mass is 10.2. The van der Waals surface area contributed by atoms with E-state index in [1.54, 1.807) is 12.3 Å². The summed E-state index contributed by atoms with van der Waals surface area (Å²) in [5, 5.41) is 9.23. The standard InChI is InChI=1S/C17H16F3N7O2/c18-17(19,20)3-1-15(28)22-6-11-5-14-26-12(9-27(14)25-7-11)8-23-16(29)13-2-4-21-10-24-13/h2,4-5,7,9-10H,1,3,6,8H2,(H,22,28)(H,23,29). The molecule has 0 unspecified atom stereocenters. The maximum absolute atomic E-state index is 12.1. The van der Waals surface area contributed by atoms with Crippen molar-refractivity contribution in [3.63, 3.8) is 0 Å². The van der Waals surface area contributed by atoms with Crippen LogP contribution in [0.2, 0.25) is 0 Å². The summed E-state index contributed by atoms with van der Waals surface area (Å²) in [6.07, 6.45) is -0.331. The number of aromatic nitrogens is 5. The average Bonchev–Trinajstić information content (AvgIpc) is 3.11. The maximum atomic E-state index is 12.1. The Morgan fingerprint density at radius 3 is 2.72 bits per heavy atom. The van der Waals surface area contributed by atoms with E-state index in [1.807, 2.05) is 0 Å². The minimum Gasteiger partial charge on any atom is -0.352 e. The van der Waals surface area contributed by atoms with Crippen molar-refractivity contribution in [3.05, 3.63) is 54.0 Å². The van der Waals surface area contributed by atoms with Gasteiger partial charge in [0, 0.05) is 19.2 Å². The number of hydrogen-bond acceptors (Lipinski definition) is 6. The van der Waals surface area contributed by atoms with Crippen LogP contribution in [0.1, 0.15) is 34.6 Å². The van der Waals surface area contributed by atoms with E-state index in [2.05, 4.69) is 30.7 Å². The highest BCUT2D eigenvalue weighted by Crippen LogP contribution is 2.21. The first kappa shape index (κ1) is 20.2. The van der Waals surface area contributed by atoms with Crippen molar-refractivity contribution < 1.29 is 22.8 Å². The topological polar surface area (TPSA) is 114 Å². The smallest absolute Gasteiger partial charge is 0.352 e. The van der Waals surface area contributed by atoms with Gasteiger partial charge in [-0.25, -0.2) is 19.5 Å². The zero-order valence-electron chi connectivity index (χ0n) is 15.0. The molecule has 0 saturated carbocycles. The van der Waals surface area contributed by atoms with Gasteiger partial charge in [0.1, 0.15) is 12.0 Å². The zero-order valence-corrected chi connectivity index (χ0v) is 15.0. The van der Waals surface area contributed by atoms with Crippen molar-refractivity contribution in [2.24, 2.45) is 0 Å². The monoisotopic (exact) mass is 407 g/mol. The minimum absolute atomic E-state index is 0.0346. The second-order valence-corrected chi connectivity index (χ2v) is 6.07. The molecule has 0 atom stereocenters. The first-order chi connectivity index (χ1) is 13.8. The number of carbonyl (C=O) groups is 2. The number of fused-ring (bicyclic) bond motifs is 1. The van der Waals surface area contributed by atoms with Gasteiger partial charge in [-0.3, -0.25) is 9.59 Å². The highest BCUT2D eigenvalue weighted by molar-refractivity contribution is 5.91. The minimum atomic E-state index is -4.37. The Morgan fingerprint density at radius 2 is 2.00 bits per heavy atom. The molecular weight excluding hydrogens is 391 g/mol. The summed E-state index contributed by atoms with van der Waals surface area (Å²) in [4.78, 5) is 35.4. The largest absolute Gasteiger partial charge is 0.389 e. The lowest BCUT2D eigenvalue weighted by molar-refractivity contribution is -0.144. The summed E-state index contributed by atoms with van der Waals surface area (Å²) in [6, 6.07) is 3.13. The Kier molecular flexibility index (Phi) is 6.00. The van der Waals surface area contributed by atoms with E-state index in [1.165, 1.54) is 29.3 Å². The fourth-order valence-corrected chi connectivity index (χ4v) is 2.38. The summed E-state index contributed by atoms with van der Waals surface area (Å²) in [5.41, 5.74) is 1.83. The number of nitrogens with zero attached hydrogens (tertiary/aromatic N) is 5. The fraction of sp³-hybridized carbons (Fsp3) is 0.294. The molecule has 2 N–H and O–H groups in total. The molecule has 29 heavy (non-hydrogen) atoms. The maximum Gasteiger partial charge on any atom is 0.389 e. The molecule has 0 fully saturated rings. The Bertz CT molecular complexity index is 1010. The Morgan fingerprint density at radius 1 is 1.17 bits per heavy atom. The van der Waals surface area contributed by atoms with Crippen molar-refractivity contribution in [2.75, 3.05) is 0 Å². The number of imidazole rings is 1. The van der Waals surface area contributed by atoms with E-state index in [4.69, 9.17) is 0 Å². The molecule has 0 saturated heterocycles. The molecule has 3 aromatic heterocycles. The zero-order chi connectivity index (χ0) is 20.9. The van der Waals surface area contributed by atoms with Crippen LogP contribution in [0, 0.1) is 0 Å². The molecule has 3 rings (SSSR count). The molecule has 9 nitrogen and oxygen atoms in total. The van der Waals surface area contributed by atoms with Gasteiger partial charge < -0.3 is 10.6 Å². The van der Waals surface area contributed by atoms with Crippen LogP contribution in [0.25, 0.3) is 5.65 Å². The molecule has 2 amide bonds. The number of halogens is 3. The number of nitrogens with one attached hydrogen (secondary N) is 2. The van der Waals surface area contributed by atoms with E-state index in [-0.39, 0.29) is 24.7 Å². The average molecular weight is 407 g/mol. The van der Waals surface area contributed by atoms with Gasteiger partial charge in [-0.2, -0.15) is 18.3 Å². The van der Waals surface area contributed by atoms with Crippen LogP contribution in [-0.4, -0.2) is 42.6 Å². The van der Waals surface area contributed by atoms with Gasteiger partial charge in [0.2, 0.25) is 5.91 Å². The predicted octanol–water partition coefficient (Wildman–Crippen LogP) is 1.41. The van der Waals surface area contributed by atoms with Crippen LogP contribution in [0.5, 0.6) is 0 Å². The molecule has 3 aromatic rings. The van der Waals surface area contributed by atoms with Crippen molar-refractivity contribution in [1.29, 1.82) is 0 Å². The molecule has 0 bridgehead atoms. The number of alkyl halides is 3. The van der Waals surface area contributed by atoms with Crippen LogP contribution >= 0.6 is 0 Å². The van der Waals surface area contributed by atoms with Crippen molar-refractivity contribution in [2.45, 2.75) is 32.1 Å². The van der Waals surface area contributed by atoms with Gasteiger partial charge in [0.15, 0.2) is 5.65 Å². The summed E-state index contributed by atoms with van der Waals surface area (Å²) in [5.74, 6) is -1.07. The molecule has 152 valence electrons. The SMILES string of the molecule is O=C(CCC(F)(F)F)NCc1cnn2cc(CNC(=O)c3ccncn3)nc2c1. The van der Waals surface area contributed by atoms with Crippen LogP contribution in [0.15, 0.2) is 37.1 Å². The number of amides is 2. The van der Waals surface area contributed by atoms with E-state index in [0.29, 0.717) is 16.9 Å². The highest BCUT2D eigenvalue weighted by Gasteiger charge is 2.27. The molecule has 0 aliphatic heterocycles. The van der Waals surface area contributed by atoms with Gasteiger partial charge in [-0.05, 0) is 17.7 Å². The van der Waals surface area contributed by atoms with Crippen molar-refractivity contribution in [3.8, 4) is 0 Å². The molecule has 3 heterocycles. The third kappa shape index (κ3) is 5.96. The van der Waals surface area contributed by atoms with Gasteiger partial charge in [-0.1, -0.05) is 0 Å². The van der Waals surface area contributed by atoms with E-state index in [9.17, 15) is 22.8 Å². The lowest BCUT2D eigenvalue weighted by Gasteiger charge is -2.07. The molecule has 0 aliphatic rings. The Labute approximate surface area is 162 Å². The highest BCUT2D eigenvalue weighted by atomic mass is 19.4. The molecule has 0 radical (unpaired) electrons. The van der Waals surface area contributed by atoms with Gasteiger partial charge in [-0.15, -0.1) is 0 Å². The number of rotatable bonds is 7. The van der Waals surface area contributed by atoms with Gasteiger partial charge in [0.05, 0.1) is 31.1 Å².